The fourth-order valence-electron chi connectivity index (χ4n) is 4.20. The van der Waals surface area contributed by atoms with Crippen LogP contribution >= 0.6 is 11.6 Å². The molecule has 5 rings (SSSR count). The molecule has 2 heterocycles. The number of rotatable bonds is 4. The van der Waals surface area contributed by atoms with Gasteiger partial charge < -0.3 is 11.1 Å². The van der Waals surface area contributed by atoms with Crippen molar-refractivity contribution in [2.75, 3.05) is 5.73 Å². The highest BCUT2D eigenvalue weighted by atomic mass is 35.5. The van der Waals surface area contributed by atoms with Crippen molar-refractivity contribution in [3.05, 3.63) is 64.7 Å². The number of carbonyl (C=O) groups is 1. The van der Waals surface area contributed by atoms with Gasteiger partial charge in [-0.1, -0.05) is 55.1 Å². The number of fused-ring (bicyclic) bond motifs is 2. The predicted molar refractivity (Wildman–Crippen MR) is 128 cm³/mol. The van der Waals surface area contributed by atoms with Crippen molar-refractivity contribution < 1.29 is 4.79 Å². The summed E-state index contributed by atoms with van der Waals surface area (Å²) in [6.07, 6.45) is 7.05. The molecular weight excluding hydrogens is 424 g/mol. The maximum atomic E-state index is 13.3. The first-order chi connectivity index (χ1) is 15.6. The number of anilines is 1. The molecule has 0 radical (unpaired) electrons. The van der Waals surface area contributed by atoms with E-state index >= 15 is 0 Å². The molecule has 0 unspecified atom stereocenters. The molecule has 0 saturated heterocycles. The minimum atomic E-state index is -0.235. The van der Waals surface area contributed by atoms with Crippen LogP contribution < -0.4 is 11.1 Å². The normalized spacial score (nSPS) is 15.0. The standard InChI is InChI=1S/C24H23ClN6O/c25-16-8-6-7-15(13-16)14-27-31-22(26)20(24(32)28-17-9-2-1-3-10-17)21-23(31)30-19-12-5-4-11-18(19)29-21/h4-8,11-14,17H,1-3,9-10,26H2,(H,28,32)/b27-14-. The van der Waals surface area contributed by atoms with Gasteiger partial charge in [-0.2, -0.15) is 9.78 Å². The van der Waals surface area contributed by atoms with Crippen molar-refractivity contribution in [2.24, 2.45) is 5.10 Å². The van der Waals surface area contributed by atoms with Gasteiger partial charge in [0.15, 0.2) is 5.65 Å². The molecule has 1 aliphatic rings. The number of halogens is 1. The van der Waals surface area contributed by atoms with Gasteiger partial charge in [-0.25, -0.2) is 9.97 Å². The third-order valence-electron chi connectivity index (χ3n) is 5.81. The number of nitrogens with one attached hydrogen (secondary N) is 1. The first kappa shape index (κ1) is 20.5. The smallest absolute Gasteiger partial charge is 0.257 e. The molecule has 1 saturated carbocycles. The average Bonchev–Trinajstić information content (AvgIpc) is 3.07. The molecular formula is C24H23ClN6O. The van der Waals surface area contributed by atoms with E-state index in [9.17, 15) is 4.79 Å². The second kappa shape index (κ2) is 8.59. The topological polar surface area (TPSA) is 98.2 Å². The average molecular weight is 447 g/mol. The number of benzene rings is 2. The highest BCUT2D eigenvalue weighted by Gasteiger charge is 2.26. The number of nitrogen functional groups attached to an aromatic ring is 1. The summed E-state index contributed by atoms with van der Waals surface area (Å²) in [6, 6.07) is 15.0. The Morgan fingerprint density at radius 3 is 2.59 bits per heavy atom. The molecule has 4 aromatic rings. The van der Waals surface area contributed by atoms with Gasteiger partial charge in [0.2, 0.25) is 0 Å². The van der Waals surface area contributed by atoms with Crippen LogP contribution in [0.5, 0.6) is 0 Å². The fraction of sp³-hybridized carbons (Fsp3) is 0.250. The number of nitrogens with two attached hydrogens (primary N) is 1. The number of para-hydroxylation sites is 2. The number of aromatic nitrogens is 3. The quantitative estimate of drug-likeness (QED) is 0.441. The summed E-state index contributed by atoms with van der Waals surface area (Å²) in [5.74, 6) is -0.0254. The van der Waals surface area contributed by atoms with E-state index in [-0.39, 0.29) is 17.8 Å². The number of carbonyl (C=O) groups excluding carboxylic acids is 1. The molecule has 1 aliphatic carbocycles. The SMILES string of the molecule is Nc1c(C(=O)NC2CCCCC2)c2nc3ccccc3nc2n1/N=C\c1cccc(Cl)c1. The lowest BCUT2D eigenvalue weighted by molar-refractivity contribution is 0.0930. The van der Waals surface area contributed by atoms with Crippen LogP contribution in [0.25, 0.3) is 22.2 Å². The molecule has 7 nitrogen and oxygen atoms in total. The molecule has 2 aromatic carbocycles. The highest BCUT2D eigenvalue weighted by Crippen LogP contribution is 2.28. The van der Waals surface area contributed by atoms with Crippen molar-refractivity contribution in [2.45, 2.75) is 38.1 Å². The van der Waals surface area contributed by atoms with Gasteiger partial charge in [-0.3, -0.25) is 4.79 Å². The Morgan fingerprint density at radius 2 is 1.84 bits per heavy atom. The molecule has 32 heavy (non-hydrogen) atoms. The third kappa shape index (κ3) is 3.91. The zero-order valence-electron chi connectivity index (χ0n) is 17.5. The van der Waals surface area contributed by atoms with Crippen LogP contribution in [0, 0.1) is 0 Å². The zero-order valence-corrected chi connectivity index (χ0v) is 18.2. The van der Waals surface area contributed by atoms with Crippen LogP contribution in [0.4, 0.5) is 5.82 Å². The van der Waals surface area contributed by atoms with Gasteiger partial charge >= 0.3 is 0 Å². The van der Waals surface area contributed by atoms with E-state index in [0.717, 1.165) is 31.2 Å². The molecule has 3 N–H and O–H groups in total. The number of hydrogen-bond acceptors (Lipinski definition) is 5. The van der Waals surface area contributed by atoms with Crippen LogP contribution in [0.2, 0.25) is 5.02 Å². The Labute approximate surface area is 190 Å². The molecule has 0 spiro atoms. The lowest BCUT2D eigenvalue weighted by atomic mass is 9.95. The van der Waals surface area contributed by atoms with E-state index in [2.05, 4.69) is 10.4 Å². The van der Waals surface area contributed by atoms with Gasteiger partial charge in [0, 0.05) is 11.1 Å². The van der Waals surface area contributed by atoms with E-state index < -0.39 is 0 Å². The van der Waals surface area contributed by atoms with Crippen LogP contribution in [0.3, 0.4) is 0 Å². The van der Waals surface area contributed by atoms with Gasteiger partial charge in [0.1, 0.15) is 16.9 Å². The summed E-state index contributed by atoms with van der Waals surface area (Å²) in [7, 11) is 0. The molecule has 2 aromatic heterocycles. The lowest BCUT2D eigenvalue weighted by Gasteiger charge is -2.22. The van der Waals surface area contributed by atoms with Crippen LogP contribution in [-0.4, -0.2) is 32.8 Å². The Morgan fingerprint density at radius 1 is 1.09 bits per heavy atom. The van der Waals surface area contributed by atoms with E-state index in [0.29, 0.717) is 32.8 Å². The molecule has 1 amide bonds. The summed E-state index contributed by atoms with van der Waals surface area (Å²) in [4.78, 5) is 22.7. The summed E-state index contributed by atoms with van der Waals surface area (Å²) < 4.78 is 1.48. The number of nitrogens with zero attached hydrogens (tertiary/aromatic N) is 4. The van der Waals surface area contributed by atoms with Crippen LogP contribution in [0.1, 0.15) is 48.0 Å². The zero-order chi connectivity index (χ0) is 22.1. The van der Waals surface area contributed by atoms with E-state index in [1.807, 2.05) is 36.4 Å². The van der Waals surface area contributed by atoms with E-state index in [1.54, 1.807) is 18.3 Å². The monoisotopic (exact) mass is 446 g/mol. The van der Waals surface area contributed by atoms with Crippen molar-refractivity contribution >= 4 is 51.7 Å². The Bertz CT molecular complexity index is 1340. The van der Waals surface area contributed by atoms with Crippen LogP contribution in [0.15, 0.2) is 53.6 Å². The van der Waals surface area contributed by atoms with Crippen LogP contribution in [-0.2, 0) is 0 Å². The van der Waals surface area contributed by atoms with Crippen molar-refractivity contribution in [3.8, 4) is 0 Å². The molecule has 8 heteroatoms. The molecule has 0 aliphatic heterocycles. The Balaban J connectivity index is 1.62. The van der Waals surface area contributed by atoms with Crippen molar-refractivity contribution in [3.63, 3.8) is 0 Å². The summed E-state index contributed by atoms with van der Waals surface area (Å²) in [5.41, 5.74) is 9.86. The first-order valence-corrected chi connectivity index (χ1v) is 11.2. The minimum Gasteiger partial charge on any atom is -0.383 e. The van der Waals surface area contributed by atoms with E-state index in [4.69, 9.17) is 27.3 Å². The number of hydrogen-bond donors (Lipinski definition) is 2. The van der Waals surface area contributed by atoms with Gasteiger partial charge in [-0.15, -0.1) is 0 Å². The summed E-state index contributed by atoms with van der Waals surface area (Å²) in [5, 5.41) is 8.28. The molecule has 0 bridgehead atoms. The molecule has 162 valence electrons. The third-order valence-corrected chi connectivity index (χ3v) is 6.05. The fourth-order valence-corrected chi connectivity index (χ4v) is 4.40. The lowest BCUT2D eigenvalue weighted by Crippen LogP contribution is -2.36. The number of amides is 1. The van der Waals surface area contributed by atoms with Crippen molar-refractivity contribution in [1.29, 1.82) is 0 Å². The first-order valence-electron chi connectivity index (χ1n) is 10.8. The predicted octanol–water partition coefficient (Wildman–Crippen LogP) is 4.76. The maximum absolute atomic E-state index is 13.3. The maximum Gasteiger partial charge on any atom is 0.257 e. The Hall–Kier alpha value is -3.45. The van der Waals surface area contributed by atoms with E-state index in [1.165, 1.54) is 11.1 Å². The summed E-state index contributed by atoms with van der Waals surface area (Å²) >= 11 is 6.09. The van der Waals surface area contributed by atoms with Gasteiger partial charge in [0.25, 0.3) is 5.91 Å². The van der Waals surface area contributed by atoms with Gasteiger partial charge in [-0.05, 0) is 42.7 Å². The second-order valence-corrected chi connectivity index (χ2v) is 8.50. The largest absolute Gasteiger partial charge is 0.383 e. The molecule has 1 fully saturated rings. The highest BCUT2D eigenvalue weighted by molar-refractivity contribution is 6.30. The van der Waals surface area contributed by atoms with Crippen molar-refractivity contribution in [1.82, 2.24) is 20.0 Å². The minimum absolute atomic E-state index is 0.150. The second-order valence-electron chi connectivity index (χ2n) is 8.06. The molecule has 0 atom stereocenters. The summed E-state index contributed by atoms with van der Waals surface area (Å²) in [6.45, 7) is 0. The van der Waals surface area contributed by atoms with Gasteiger partial charge in [0.05, 0.1) is 17.2 Å². The Kier molecular flexibility index (Phi) is 5.49.